The van der Waals surface area contributed by atoms with Crippen molar-refractivity contribution in [1.29, 1.82) is 5.26 Å². The molecular formula is C17H23N5O3. The number of piperidine rings is 1. The second-order valence-electron chi connectivity index (χ2n) is 6.14. The van der Waals surface area contributed by atoms with E-state index in [0.717, 1.165) is 31.6 Å². The Morgan fingerprint density at radius 1 is 1.44 bits per heavy atom. The average molecular weight is 345 g/mol. The number of hydrogen-bond acceptors (Lipinski definition) is 6. The van der Waals surface area contributed by atoms with E-state index in [2.05, 4.69) is 15.4 Å². The van der Waals surface area contributed by atoms with Gasteiger partial charge in [-0.3, -0.25) is 9.59 Å². The molecule has 25 heavy (non-hydrogen) atoms. The van der Waals surface area contributed by atoms with Gasteiger partial charge < -0.3 is 14.2 Å². The van der Waals surface area contributed by atoms with Crippen molar-refractivity contribution in [2.24, 2.45) is 5.10 Å². The molecule has 1 fully saturated rings. The number of ether oxygens (including phenoxy) is 1. The summed E-state index contributed by atoms with van der Waals surface area (Å²) in [6.07, 6.45) is 1.64. The molecule has 1 amide bonds. The number of carbonyl (C=O) groups excluding carboxylic acids is 1. The zero-order chi connectivity index (χ0) is 18.4. The van der Waals surface area contributed by atoms with Crippen LogP contribution >= 0.6 is 0 Å². The highest BCUT2D eigenvalue weighted by Gasteiger charge is 2.15. The first-order chi connectivity index (χ1) is 12.0. The van der Waals surface area contributed by atoms with Crippen LogP contribution in [-0.4, -0.2) is 48.3 Å². The lowest BCUT2D eigenvalue weighted by Crippen LogP contribution is -2.35. The monoisotopic (exact) mass is 345 g/mol. The molecule has 0 bridgehead atoms. The Balaban J connectivity index is 2.12. The van der Waals surface area contributed by atoms with Gasteiger partial charge >= 0.3 is 0 Å². The molecule has 0 aromatic carbocycles. The van der Waals surface area contributed by atoms with Crippen molar-refractivity contribution in [2.75, 3.05) is 27.2 Å². The van der Waals surface area contributed by atoms with Crippen molar-refractivity contribution in [1.82, 2.24) is 14.9 Å². The largest absolute Gasteiger partial charge is 0.380 e. The number of pyridine rings is 1. The molecule has 1 aliphatic rings. The van der Waals surface area contributed by atoms with E-state index in [1.807, 2.05) is 13.1 Å². The third-order valence-electron chi connectivity index (χ3n) is 4.21. The first kappa shape index (κ1) is 18.8. The summed E-state index contributed by atoms with van der Waals surface area (Å²) in [5, 5.41) is 13.4. The minimum atomic E-state index is -0.489. The quantitative estimate of drug-likeness (QED) is 0.778. The predicted octanol–water partition coefficient (Wildman–Crippen LogP) is 0.373. The van der Waals surface area contributed by atoms with Crippen LogP contribution in [0.4, 0.5) is 0 Å². The fourth-order valence-corrected chi connectivity index (χ4v) is 2.73. The van der Waals surface area contributed by atoms with Crippen LogP contribution in [0.2, 0.25) is 0 Å². The zero-order valence-corrected chi connectivity index (χ0v) is 14.8. The van der Waals surface area contributed by atoms with Gasteiger partial charge in [0.15, 0.2) is 0 Å². The summed E-state index contributed by atoms with van der Waals surface area (Å²) in [6.45, 7) is 3.55. The highest BCUT2D eigenvalue weighted by Crippen LogP contribution is 2.08. The SMILES string of the molecule is COCc1cc(C)n(CC(=O)NN=C2CCN(C)CC2)c(=O)c1C#N. The summed E-state index contributed by atoms with van der Waals surface area (Å²) < 4.78 is 6.29. The predicted molar refractivity (Wildman–Crippen MR) is 93.2 cm³/mol. The number of nitrogens with zero attached hydrogens (tertiary/aromatic N) is 4. The van der Waals surface area contributed by atoms with E-state index in [1.54, 1.807) is 13.0 Å². The van der Waals surface area contributed by atoms with Gasteiger partial charge in [0.2, 0.25) is 0 Å². The van der Waals surface area contributed by atoms with Crippen LogP contribution < -0.4 is 11.0 Å². The summed E-state index contributed by atoms with van der Waals surface area (Å²) >= 11 is 0. The maximum Gasteiger partial charge on any atom is 0.269 e. The van der Waals surface area contributed by atoms with Gasteiger partial charge in [0.1, 0.15) is 18.2 Å². The first-order valence-corrected chi connectivity index (χ1v) is 8.11. The van der Waals surface area contributed by atoms with E-state index >= 15 is 0 Å². The van der Waals surface area contributed by atoms with E-state index in [1.165, 1.54) is 11.7 Å². The molecule has 1 saturated heterocycles. The molecule has 0 atom stereocenters. The van der Waals surface area contributed by atoms with Crippen molar-refractivity contribution >= 4 is 11.6 Å². The first-order valence-electron chi connectivity index (χ1n) is 8.11. The lowest BCUT2D eigenvalue weighted by atomic mass is 10.1. The Hall–Kier alpha value is -2.50. The topological polar surface area (TPSA) is 99.7 Å². The molecule has 2 heterocycles. The van der Waals surface area contributed by atoms with Crippen molar-refractivity contribution < 1.29 is 9.53 Å². The number of hydrogen-bond donors (Lipinski definition) is 1. The van der Waals surface area contributed by atoms with Crippen LogP contribution in [0.3, 0.4) is 0 Å². The molecule has 1 N–H and O–H groups in total. The summed E-state index contributed by atoms with van der Waals surface area (Å²) in [7, 11) is 3.54. The molecule has 2 rings (SSSR count). The van der Waals surface area contributed by atoms with Crippen LogP contribution in [0.1, 0.15) is 29.7 Å². The molecule has 1 aromatic heterocycles. The van der Waals surface area contributed by atoms with Crippen molar-refractivity contribution in [2.45, 2.75) is 32.9 Å². The smallest absolute Gasteiger partial charge is 0.269 e. The van der Waals surface area contributed by atoms with Gasteiger partial charge in [-0.1, -0.05) is 0 Å². The van der Waals surface area contributed by atoms with E-state index in [-0.39, 0.29) is 24.6 Å². The number of nitriles is 1. The van der Waals surface area contributed by atoms with E-state index in [0.29, 0.717) is 11.3 Å². The Morgan fingerprint density at radius 2 is 2.12 bits per heavy atom. The molecule has 0 unspecified atom stereocenters. The molecular weight excluding hydrogens is 322 g/mol. The van der Waals surface area contributed by atoms with Crippen LogP contribution in [0, 0.1) is 18.3 Å². The van der Waals surface area contributed by atoms with Gasteiger partial charge in [-0.05, 0) is 20.0 Å². The Morgan fingerprint density at radius 3 is 2.72 bits per heavy atom. The van der Waals surface area contributed by atoms with Gasteiger partial charge in [-0.15, -0.1) is 0 Å². The fraction of sp³-hybridized carbons (Fsp3) is 0.529. The normalized spacial score (nSPS) is 14.9. The molecule has 1 aromatic rings. The molecule has 0 saturated carbocycles. The van der Waals surface area contributed by atoms with Crippen molar-refractivity contribution in [3.63, 3.8) is 0 Å². The molecule has 134 valence electrons. The molecule has 0 radical (unpaired) electrons. The second-order valence-corrected chi connectivity index (χ2v) is 6.14. The standard InChI is InChI=1S/C17H23N5O3/c1-12-8-13(11-25-3)15(9-18)17(24)22(12)10-16(23)20-19-14-4-6-21(2)7-5-14/h8H,4-7,10-11H2,1-3H3,(H,20,23). The van der Waals surface area contributed by atoms with Crippen LogP contribution in [0.15, 0.2) is 16.0 Å². The lowest BCUT2D eigenvalue weighted by molar-refractivity contribution is -0.121. The summed E-state index contributed by atoms with van der Waals surface area (Å²) in [4.78, 5) is 26.8. The minimum absolute atomic E-state index is 0.00174. The molecule has 0 aliphatic carbocycles. The van der Waals surface area contributed by atoms with Gasteiger partial charge in [0.05, 0.1) is 6.61 Å². The molecule has 8 heteroatoms. The van der Waals surface area contributed by atoms with Crippen LogP contribution in [0.25, 0.3) is 0 Å². The summed E-state index contributed by atoms with van der Waals surface area (Å²) in [5.74, 6) is -0.389. The number of amides is 1. The third kappa shape index (κ3) is 4.75. The molecule has 8 nitrogen and oxygen atoms in total. The van der Waals surface area contributed by atoms with E-state index in [9.17, 15) is 14.9 Å². The maximum atomic E-state index is 12.5. The van der Waals surface area contributed by atoms with E-state index in [4.69, 9.17) is 4.74 Å². The highest BCUT2D eigenvalue weighted by atomic mass is 16.5. The second kappa shape index (κ2) is 8.55. The van der Waals surface area contributed by atoms with Gasteiger partial charge in [0, 0.05) is 50.0 Å². The average Bonchev–Trinajstić information content (AvgIpc) is 2.58. The number of likely N-dealkylation sites (tertiary alicyclic amines) is 1. The number of carbonyl (C=O) groups is 1. The van der Waals surface area contributed by atoms with Gasteiger partial charge in [-0.25, -0.2) is 5.43 Å². The maximum absolute atomic E-state index is 12.5. The van der Waals surface area contributed by atoms with Gasteiger partial charge in [-0.2, -0.15) is 10.4 Å². The third-order valence-corrected chi connectivity index (χ3v) is 4.21. The minimum Gasteiger partial charge on any atom is -0.380 e. The Bertz CT molecular complexity index is 766. The zero-order valence-electron chi connectivity index (χ0n) is 14.8. The fourth-order valence-electron chi connectivity index (χ4n) is 2.73. The summed E-state index contributed by atoms with van der Waals surface area (Å²) in [5.41, 5.74) is 4.09. The Labute approximate surface area is 146 Å². The van der Waals surface area contributed by atoms with Crippen molar-refractivity contribution in [3.8, 4) is 6.07 Å². The van der Waals surface area contributed by atoms with Crippen molar-refractivity contribution in [3.05, 3.63) is 33.2 Å². The van der Waals surface area contributed by atoms with E-state index < -0.39 is 5.56 Å². The number of rotatable bonds is 5. The number of hydrazone groups is 1. The number of aryl methyl sites for hydroxylation is 1. The number of methoxy groups -OCH3 is 1. The summed E-state index contributed by atoms with van der Waals surface area (Å²) in [6, 6.07) is 3.59. The number of nitrogens with one attached hydrogen (secondary N) is 1. The number of aromatic nitrogens is 1. The van der Waals surface area contributed by atoms with Crippen LogP contribution in [0.5, 0.6) is 0 Å². The lowest BCUT2D eigenvalue weighted by Gasteiger charge is -2.22. The van der Waals surface area contributed by atoms with Crippen LogP contribution in [-0.2, 0) is 22.7 Å². The Kier molecular flexibility index (Phi) is 6.44. The highest BCUT2D eigenvalue weighted by molar-refractivity contribution is 5.87. The molecule has 1 aliphatic heterocycles. The molecule has 0 spiro atoms. The van der Waals surface area contributed by atoms with Gasteiger partial charge in [0.25, 0.3) is 11.5 Å².